The molecule has 0 bridgehead atoms. The van der Waals surface area contributed by atoms with Crippen LogP contribution in [0.4, 0.5) is 0 Å². The topological polar surface area (TPSA) is 88.1 Å². The van der Waals surface area contributed by atoms with Gasteiger partial charge in [0.05, 0.1) is 25.2 Å². The molecule has 0 aromatic carbocycles. The molecule has 0 saturated carbocycles. The highest BCUT2D eigenvalue weighted by Gasteiger charge is 1.99. The van der Waals surface area contributed by atoms with Crippen molar-refractivity contribution in [3.05, 3.63) is 12.2 Å². The van der Waals surface area contributed by atoms with Gasteiger partial charge in [-0.25, -0.2) is 4.79 Å². The van der Waals surface area contributed by atoms with Crippen LogP contribution in [0.15, 0.2) is 12.2 Å². The molecule has 0 spiro atoms. The van der Waals surface area contributed by atoms with Crippen LogP contribution in [-0.4, -0.2) is 35.6 Å². The van der Waals surface area contributed by atoms with E-state index in [-0.39, 0.29) is 13.1 Å². The summed E-state index contributed by atoms with van der Waals surface area (Å²) in [5, 5.41) is 24.9. The van der Waals surface area contributed by atoms with Crippen LogP contribution in [0.2, 0.25) is 0 Å². The molecule has 0 amide bonds. The van der Waals surface area contributed by atoms with E-state index >= 15 is 0 Å². The minimum Gasteiger partial charge on any atom is -0.478 e. The Balaban J connectivity index is 3.91. The Morgan fingerprint density at radius 2 is 1.92 bits per heavy atom. The Bertz CT molecular complexity index is 256. The lowest BCUT2D eigenvalue weighted by Crippen LogP contribution is -2.24. The molecule has 0 heterocycles. The molecule has 68 valence electrons. The highest BCUT2D eigenvalue weighted by atomic mass is 16.4. The zero-order chi connectivity index (χ0) is 10.1. The van der Waals surface area contributed by atoms with Gasteiger partial charge in [0.1, 0.15) is 0 Å². The van der Waals surface area contributed by atoms with Crippen LogP contribution in [0, 0.1) is 22.7 Å². The molecule has 0 atom stereocenters. The molecule has 0 fully saturated rings. The zero-order valence-corrected chi connectivity index (χ0v) is 6.97. The van der Waals surface area contributed by atoms with Crippen molar-refractivity contribution in [1.82, 2.24) is 4.90 Å². The van der Waals surface area contributed by atoms with E-state index < -0.39 is 5.97 Å². The summed E-state index contributed by atoms with van der Waals surface area (Å²) >= 11 is 0. The van der Waals surface area contributed by atoms with E-state index in [0.717, 1.165) is 6.08 Å². The molecular weight excluding hydrogens is 170 g/mol. The summed E-state index contributed by atoms with van der Waals surface area (Å²) in [4.78, 5) is 11.6. The normalized spacial score (nSPS) is 9.77. The van der Waals surface area contributed by atoms with E-state index in [1.165, 1.54) is 11.0 Å². The monoisotopic (exact) mass is 179 g/mol. The smallest absolute Gasteiger partial charge is 0.328 e. The van der Waals surface area contributed by atoms with Gasteiger partial charge in [0, 0.05) is 12.6 Å². The minimum absolute atomic E-state index is 0.123. The quantitative estimate of drug-likeness (QED) is 0.473. The summed E-state index contributed by atoms with van der Waals surface area (Å²) in [5.74, 6) is -1.03. The highest BCUT2D eigenvalue weighted by Crippen LogP contribution is 1.86. The Kier molecular flexibility index (Phi) is 5.86. The maximum absolute atomic E-state index is 10.1. The van der Waals surface area contributed by atoms with Crippen LogP contribution in [0.3, 0.4) is 0 Å². The summed E-state index contributed by atoms with van der Waals surface area (Å²) in [6.45, 7) is 0.544. The molecule has 0 unspecified atom stereocenters. The van der Waals surface area contributed by atoms with Gasteiger partial charge in [0.2, 0.25) is 0 Å². The van der Waals surface area contributed by atoms with Crippen molar-refractivity contribution >= 4 is 5.97 Å². The van der Waals surface area contributed by atoms with Crippen LogP contribution >= 0.6 is 0 Å². The fourth-order valence-corrected chi connectivity index (χ4v) is 0.688. The number of aliphatic carboxylic acids is 1. The summed E-state index contributed by atoms with van der Waals surface area (Å²) < 4.78 is 0. The molecule has 0 saturated heterocycles. The van der Waals surface area contributed by atoms with Crippen molar-refractivity contribution in [2.75, 3.05) is 19.6 Å². The number of nitriles is 2. The van der Waals surface area contributed by atoms with Crippen LogP contribution in [0.25, 0.3) is 0 Å². The van der Waals surface area contributed by atoms with Crippen molar-refractivity contribution in [3.63, 3.8) is 0 Å². The first-order valence-corrected chi connectivity index (χ1v) is 3.56. The number of hydrogen-bond acceptors (Lipinski definition) is 4. The van der Waals surface area contributed by atoms with E-state index in [1.807, 2.05) is 12.1 Å². The van der Waals surface area contributed by atoms with E-state index in [2.05, 4.69) is 0 Å². The number of carbonyl (C=O) groups is 1. The van der Waals surface area contributed by atoms with Gasteiger partial charge in [-0.15, -0.1) is 0 Å². The van der Waals surface area contributed by atoms with Gasteiger partial charge in [-0.3, -0.25) is 4.90 Å². The van der Waals surface area contributed by atoms with Crippen LogP contribution in [0.1, 0.15) is 0 Å². The van der Waals surface area contributed by atoms with Gasteiger partial charge in [-0.2, -0.15) is 10.5 Å². The third kappa shape index (κ3) is 6.54. The minimum atomic E-state index is -1.03. The molecule has 0 aliphatic heterocycles. The van der Waals surface area contributed by atoms with Gasteiger partial charge in [0.15, 0.2) is 0 Å². The molecule has 0 aliphatic rings. The average Bonchev–Trinajstić information content (AvgIpc) is 2.04. The number of rotatable bonds is 5. The van der Waals surface area contributed by atoms with Crippen molar-refractivity contribution in [3.8, 4) is 12.1 Å². The fourth-order valence-electron chi connectivity index (χ4n) is 0.688. The SMILES string of the molecule is N#CCN(CC#N)CC=CC(=O)O. The Hall–Kier alpha value is -1.85. The second-order valence-electron chi connectivity index (χ2n) is 2.23. The van der Waals surface area contributed by atoms with Crippen molar-refractivity contribution in [2.24, 2.45) is 0 Å². The van der Waals surface area contributed by atoms with Crippen molar-refractivity contribution in [2.45, 2.75) is 0 Å². The van der Waals surface area contributed by atoms with Crippen LogP contribution in [-0.2, 0) is 4.79 Å². The standard InChI is InChI=1S/C8H9N3O2/c9-3-6-11(7-4-10)5-1-2-8(12)13/h1-2H,5-7H2,(H,12,13). The molecule has 0 aromatic rings. The van der Waals surface area contributed by atoms with Gasteiger partial charge >= 0.3 is 5.97 Å². The molecule has 5 heteroatoms. The lowest BCUT2D eigenvalue weighted by atomic mass is 10.4. The molecule has 0 aliphatic carbocycles. The van der Waals surface area contributed by atoms with Crippen molar-refractivity contribution in [1.29, 1.82) is 10.5 Å². The molecule has 0 radical (unpaired) electrons. The number of hydrogen-bond donors (Lipinski definition) is 1. The first kappa shape index (κ1) is 11.2. The summed E-state index contributed by atoms with van der Waals surface area (Å²) in [5.41, 5.74) is 0. The lowest BCUT2D eigenvalue weighted by Gasteiger charge is -2.10. The predicted molar refractivity (Wildman–Crippen MR) is 44.4 cm³/mol. The molecule has 1 N–H and O–H groups in total. The highest BCUT2D eigenvalue weighted by molar-refractivity contribution is 5.79. The van der Waals surface area contributed by atoms with Crippen molar-refractivity contribution < 1.29 is 9.90 Å². The van der Waals surface area contributed by atoms with Gasteiger partial charge in [-0.05, 0) is 0 Å². The fraction of sp³-hybridized carbons (Fsp3) is 0.375. The zero-order valence-electron chi connectivity index (χ0n) is 6.97. The molecule has 0 rings (SSSR count). The second-order valence-corrected chi connectivity index (χ2v) is 2.23. The predicted octanol–water partition coefficient (Wildman–Crippen LogP) is -0.0236. The van der Waals surface area contributed by atoms with E-state index in [9.17, 15) is 4.79 Å². The van der Waals surface area contributed by atoms with Gasteiger partial charge < -0.3 is 5.11 Å². The molecular formula is C8H9N3O2. The van der Waals surface area contributed by atoms with E-state index in [1.54, 1.807) is 0 Å². The maximum atomic E-state index is 10.1. The summed E-state index contributed by atoms with van der Waals surface area (Å²) in [6, 6.07) is 3.77. The molecule has 5 nitrogen and oxygen atoms in total. The number of carboxylic acid groups (broad SMARTS) is 1. The van der Waals surface area contributed by atoms with E-state index in [4.69, 9.17) is 15.6 Å². The maximum Gasteiger partial charge on any atom is 0.328 e. The number of nitrogens with zero attached hydrogens (tertiary/aromatic N) is 3. The lowest BCUT2D eigenvalue weighted by molar-refractivity contribution is -0.131. The second kappa shape index (κ2) is 6.84. The summed E-state index contributed by atoms with van der Waals surface area (Å²) in [7, 11) is 0. The third-order valence-corrected chi connectivity index (χ3v) is 1.21. The van der Waals surface area contributed by atoms with Crippen LogP contribution in [0.5, 0.6) is 0 Å². The Morgan fingerprint density at radius 1 is 1.38 bits per heavy atom. The van der Waals surface area contributed by atoms with Gasteiger partial charge in [0.25, 0.3) is 0 Å². The Morgan fingerprint density at radius 3 is 2.31 bits per heavy atom. The van der Waals surface area contributed by atoms with Crippen LogP contribution < -0.4 is 0 Å². The average molecular weight is 179 g/mol. The Labute approximate surface area is 76.1 Å². The first-order valence-electron chi connectivity index (χ1n) is 3.56. The molecule has 0 aromatic heterocycles. The first-order chi connectivity index (χ1) is 6.20. The summed E-state index contributed by atoms with van der Waals surface area (Å²) in [6.07, 6.45) is 2.39. The largest absolute Gasteiger partial charge is 0.478 e. The van der Waals surface area contributed by atoms with Gasteiger partial charge in [-0.1, -0.05) is 6.08 Å². The van der Waals surface area contributed by atoms with E-state index in [0.29, 0.717) is 6.54 Å². The number of carboxylic acids is 1. The molecule has 13 heavy (non-hydrogen) atoms. The third-order valence-electron chi connectivity index (χ3n) is 1.21.